The number of carbonyl (C=O) groups excluding carboxylic acids is 2. The molecule has 0 bridgehead atoms. The van der Waals surface area contributed by atoms with Gasteiger partial charge in [-0.25, -0.2) is 9.18 Å². The summed E-state index contributed by atoms with van der Waals surface area (Å²) in [6, 6.07) is 5.91. The number of halogens is 1. The normalized spacial score (nSPS) is 16.9. The lowest BCUT2D eigenvalue weighted by molar-refractivity contribution is -0.118. The van der Waals surface area contributed by atoms with Gasteiger partial charge in [-0.2, -0.15) is 0 Å². The minimum atomic E-state index is -0.288. The van der Waals surface area contributed by atoms with Gasteiger partial charge in [0.1, 0.15) is 5.82 Å². The molecule has 3 amide bonds. The highest BCUT2D eigenvalue weighted by Crippen LogP contribution is 2.22. The predicted octanol–water partition coefficient (Wildman–Crippen LogP) is 2.40. The highest BCUT2D eigenvalue weighted by atomic mass is 19.1. The molecule has 2 rings (SSSR count). The summed E-state index contributed by atoms with van der Waals surface area (Å²) in [5.41, 5.74) is 0.888. The van der Waals surface area contributed by atoms with Crippen LogP contribution in [0.2, 0.25) is 0 Å². The summed E-state index contributed by atoms with van der Waals surface area (Å²) in [4.78, 5) is 26.8. The van der Waals surface area contributed by atoms with Crippen LogP contribution in [0, 0.1) is 11.7 Å². The van der Waals surface area contributed by atoms with Crippen molar-refractivity contribution in [2.75, 3.05) is 26.2 Å². The number of nitrogens with zero attached hydrogens (tertiary/aromatic N) is 2. The summed E-state index contributed by atoms with van der Waals surface area (Å²) in [7, 11) is 0. The smallest absolute Gasteiger partial charge is 0.317 e. The second-order valence-electron chi connectivity index (χ2n) is 6.20. The van der Waals surface area contributed by atoms with Crippen LogP contribution in [-0.2, 0) is 4.79 Å². The van der Waals surface area contributed by atoms with E-state index in [2.05, 4.69) is 5.32 Å². The van der Waals surface area contributed by atoms with Gasteiger partial charge in [-0.3, -0.25) is 4.79 Å². The van der Waals surface area contributed by atoms with Crippen molar-refractivity contribution in [1.29, 1.82) is 0 Å². The van der Waals surface area contributed by atoms with Gasteiger partial charge >= 0.3 is 6.03 Å². The zero-order valence-corrected chi connectivity index (χ0v) is 13.7. The maximum atomic E-state index is 13.1. The number of hydrogen-bond donors (Lipinski definition) is 1. The highest BCUT2D eigenvalue weighted by Gasteiger charge is 2.23. The molecule has 1 fully saturated rings. The van der Waals surface area contributed by atoms with Gasteiger partial charge in [-0.15, -0.1) is 0 Å². The fraction of sp³-hybridized carbons (Fsp3) is 0.529. The number of nitrogens with one attached hydrogen (secondary N) is 1. The quantitative estimate of drug-likeness (QED) is 0.866. The molecule has 0 spiro atoms. The number of hydrogen-bond acceptors (Lipinski definition) is 2. The standard InChI is InChI=1S/C17H24FN3O2/c1-13(2)16(14-4-6-15(18)7-5-14)19-17(23)21-9-3-8-20(12-22)10-11-21/h4-7,12-13,16H,3,8-11H2,1-2H3,(H,19,23)/t16-/m1/s1. The van der Waals surface area contributed by atoms with E-state index in [4.69, 9.17) is 0 Å². The van der Waals surface area contributed by atoms with E-state index in [1.165, 1.54) is 12.1 Å². The largest absolute Gasteiger partial charge is 0.343 e. The number of benzene rings is 1. The van der Waals surface area contributed by atoms with Crippen LogP contribution in [0.5, 0.6) is 0 Å². The van der Waals surface area contributed by atoms with E-state index in [1.54, 1.807) is 21.9 Å². The molecule has 1 aliphatic heterocycles. The molecule has 1 aromatic rings. The van der Waals surface area contributed by atoms with E-state index >= 15 is 0 Å². The second-order valence-corrected chi connectivity index (χ2v) is 6.20. The van der Waals surface area contributed by atoms with E-state index in [0.717, 1.165) is 18.4 Å². The molecule has 0 aliphatic carbocycles. The van der Waals surface area contributed by atoms with Crippen LogP contribution in [0.25, 0.3) is 0 Å². The average Bonchev–Trinajstić information content (AvgIpc) is 2.78. The Morgan fingerprint density at radius 3 is 2.48 bits per heavy atom. The van der Waals surface area contributed by atoms with Gasteiger partial charge in [-0.1, -0.05) is 26.0 Å². The number of urea groups is 1. The molecule has 1 aromatic carbocycles. The van der Waals surface area contributed by atoms with Crippen molar-refractivity contribution in [3.8, 4) is 0 Å². The molecule has 0 saturated carbocycles. The minimum absolute atomic E-state index is 0.138. The van der Waals surface area contributed by atoms with E-state index in [0.29, 0.717) is 26.2 Å². The van der Waals surface area contributed by atoms with Crippen LogP contribution in [0.1, 0.15) is 31.9 Å². The molecule has 5 nitrogen and oxygen atoms in total. The fourth-order valence-electron chi connectivity index (χ4n) is 2.78. The molecule has 0 aromatic heterocycles. The van der Waals surface area contributed by atoms with Crippen LogP contribution in [0.3, 0.4) is 0 Å². The van der Waals surface area contributed by atoms with Crippen LogP contribution >= 0.6 is 0 Å². The third kappa shape index (κ3) is 4.68. The number of carbonyl (C=O) groups is 2. The van der Waals surface area contributed by atoms with Crippen molar-refractivity contribution >= 4 is 12.4 Å². The molecule has 23 heavy (non-hydrogen) atoms. The van der Waals surface area contributed by atoms with Gasteiger partial charge in [0, 0.05) is 26.2 Å². The van der Waals surface area contributed by atoms with Gasteiger partial charge in [0.25, 0.3) is 0 Å². The predicted molar refractivity (Wildman–Crippen MR) is 86.3 cm³/mol. The van der Waals surface area contributed by atoms with Crippen LogP contribution in [-0.4, -0.2) is 48.4 Å². The zero-order valence-electron chi connectivity index (χ0n) is 13.7. The van der Waals surface area contributed by atoms with E-state index in [1.807, 2.05) is 13.8 Å². The van der Waals surface area contributed by atoms with Gasteiger partial charge in [0.15, 0.2) is 0 Å². The van der Waals surface area contributed by atoms with Crippen LogP contribution in [0.4, 0.5) is 9.18 Å². The van der Waals surface area contributed by atoms with Crippen molar-refractivity contribution < 1.29 is 14.0 Å². The Labute approximate surface area is 136 Å². The lowest BCUT2D eigenvalue weighted by Gasteiger charge is -2.28. The fourth-order valence-corrected chi connectivity index (χ4v) is 2.78. The topological polar surface area (TPSA) is 52.7 Å². The van der Waals surface area contributed by atoms with Crippen molar-refractivity contribution in [2.24, 2.45) is 5.92 Å². The van der Waals surface area contributed by atoms with Crippen molar-refractivity contribution in [3.05, 3.63) is 35.6 Å². The lowest BCUT2D eigenvalue weighted by atomic mass is 9.96. The zero-order chi connectivity index (χ0) is 16.8. The third-order valence-corrected chi connectivity index (χ3v) is 4.14. The summed E-state index contributed by atoms with van der Waals surface area (Å²) in [6.07, 6.45) is 1.60. The van der Waals surface area contributed by atoms with E-state index in [9.17, 15) is 14.0 Å². The monoisotopic (exact) mass is 321 g/mol. The van der Waals surface area contributed by atoms with Crippen molar-refractivity contribution in [1.82, 2.24) is 15.1 Å². The minimum Gasteiger partial charge on any atom is -0.343 e. The molecular weight excluding hydrogens is 297 g/mol. The maximum absolute atomic E-state index is 13.1. The maximum Gasteiger partial charge on any atom is 0.317 e. The van der Waals surface area contributed by atoms with Crippen LogP contribution in [0.15, 0.2) is 24.3 Å². The van der Waals surface area contributed by atoms with Crippen molar-refractivity contribution in [3.63, 3.8) is 0 Å². The Morgan fingerprint density at radius 1 is 1.17 bits per heavy atom. The first-order valence-corrected chi connectivity index (χ1v) is 8.01. The summed E-state index contributed by atoms with van der Waals surface area (Å²) in [6.45, 7) is 6.43. The molecular formula is C17H24FN3O2. The first kappa shape index (κ1) is 17.2. The first-order valence-electron chi connectivity index (χ1n) is 8.01. The summed E-state index contributed by atoms with van der Waals surface area (Å²) < 4.78 is 13.1. The molecule has 126 valence electrons. The molecule has 1 saturated heterocycles. The number of amides is 3. The van der Waals surface area contributed by atoms with Crippen LogP contribution < -0.4 is 5.32 Å². The second kappa shape index (κ2) is 7.94. The summed E-state index contributed by atoms with van der Waals surface area (Å²) in [5.74, 6) is -0.105. The Balaban J connectivity index is 2.03. The van der Waals surface area contributed by atoms with Gasteiger partial charge in [0.05, 0.1) is 6.04 Å². The van der Waals surface area contributed by atoms with E-state index in [-0.39, 0.29) is 23.8 Å². The van der Waals surface area contributed by atoms with Gasteiger partial charge in [-0.05, 0) is 30.0 Å². The Morgan fingerprint density at radius 2 is 1.87 bits per heavy atom. The highest BCUT2D eigenvalue weighted by molar-refractivity contribution is 5.75. The summed E-state index contributed by atoms with van der Waals surface area (Å²) in [5, 5.41) is 3.04. The molecule has 1 heterocycles. The van der Waals surface area contributed by atoms with Crippen molar-refractivity contribution in [2.45, 2.75) is 26.3 Å². The van der Waals surface area contributed by atoms with E-state index < -0.39 is 0 Å². The molecule has 1 N–H and O–H groups in total. The Hall–Kier alpha value is -2.11. The lowest BCUT2D eigenvalue weighted by Crippen LogP contribution is -2.44. The molecule has 1 aliphatic rings. The molecule has 0 unspecified atom stereocenters. The Kier molecular flexibility index (Phi) is 5.96. The molecule has 6 heteroatoms. The average molecular weight is 321 g/mol. The van der Waals surface area contributed by atoms with Gasteiger partial charge in [0.2, 0.25) is 6.41 Å². The SMILES string of the molecule is CC(C)[C@@H](NC(=O)N1CCCN(C=O)CC1)c1ccc(F)cc1. The first-order chi connectivity index (χ1) is 11.0. The van der Waals surface area contributed by atoms with Gasteiger partial charge < -0.3 is 15.1 Å². The molecule has 1 atom stereocenters. The number of rotatable bonds is 4. The Bertz CT molecular complexity index is 533. The summed E-state index contributed by atoms with van der Waals surface area (Å²) >= 11 is 0. The third-order valence-electron chi connectivity index (χ3n) is 4.14. The molecule has 0 radical (unpaired) electrons.